The minimum absolute atomic E-state index is 0.274. The summed E-state index contributed by atoms with van der Waals surface area (Å²) < 4.78 is 2.03. The summed E-state index contributed by atoms with van der Waals surface area (Å²) in [4.78, 5) is 1.39. The van der Waals surface area contributed by atoms with E-state index in [1.807, 2.05) is 29.1 Å². The number of thiophene rings is 1. The second kappa shape index (κ2) is 6.70. The minimum Gasteiger partial charge on any atom is -0.309 e. The normalized spacial score (nSPS) is 12.4. The van der Waals surface area contributed by atoms with Gasteiger partial charge in [0.2, 0.25) is 0 Å². The van der Waals surface area contributed by atoms with Crippen LogP contribution in [0, 0.1) is 0 Å². The predicted octanol–water partition coefficient (Wildman–Crippen LogP) is 3.83. The third-order valence-electron chi connectivity index (χ3n) is 3.47. The minimum atomic E-state index is 0.274. The summed E-state index contributed by atoms with van der Waals surface area (Å²) in [6.07, 6.45) is 2.87. The number of benzene rings is 1. The van der Waals surface area contributed by atoms with E-state index in [9.17, 15) is 0 Å². The Kier molecular flexibility index (Phi) is 4.48. The van der Waals surface area contributed by atoms with Gasteiger partial charge < -0.3 is 5.32 Å². The molecule has 21 heavy (non-hydrogen) atoms. The highest BCUT2D eigenvalue weighted by Gasteiger charge is 2.17. The number of likely N-dealkylation sites (N-methyl/N-ethyl adjacent to an activating group) is 1. The fraction of sp³-hybridized carbons (Fsp3) is 0.235. The Morgan fingerprint density at radius 2 is 2.00 bits per heavy atom. The van der Waals surface area contributed by atoms with Crippen molar-refractivity contribution in [2.45, 2.75) is 19.4 Å². The largest absolute Gasteiger partial charge is 0.309 e. The van der Waals surface area contributed by atoms with Crippen LogP contribution < -0.4 is 5.32 Å². The lowest BCUT2D eigenvalue weighted by atomic mass is 10.1. The molecule has 0 radical (unpaired) electrons. The van der Waals surface area contributed by atoms with Crippen molar-refractivity contribution >= 4 is 11.3 Å². The molecule has 0 saturated carbocycles. The monoisotopic (exact) mass is 297 g/mol. The van der Waals surface area contributed by atoms with E-state index in [1.165, 1.54) is 10.6 Å². The Bertz CT molecular complexity index is 658. The Morgan fingerprint density at radius 1 is 1.14 bits per heavy atom. The van der Waals surface area contributed by atoms with Crippen LogP contribution in [0.2, 0.25) is 0 Å². The van der Waals surface area contributed by atoms with Crippen molar-refractivity contribution in [3.63, 3.8) is 0 Å². The van der Waals surface area contributed by atoms with Crippen LogP contribution in [0.5, 0.6) is 0 Å². The zero-order valence-corrected chi connectivity index (χ0v) is 12.9. The molecule has 1 atom stereocenters. The molecular formula is C17H19N3S. The lowest BCUT2D eigenvalue weighted by Crippen LogP contribution is -2.25. The summed E-state index contributed by atoms with van der Waals surface area (Å²) in [5.41, 5.74) is 2.31. The van der Waals surface area contributed by atoms with Crippen molar-refractivity contribution in [2.24, 2.45) is 0 Å². The van der Waals surface area contributed by atoms with E-state index in [1.54, 1.807) is 11.3 Å². The summed E-state index contributed by atoms with van der Waals surface area (Å²) in [5, 5.41) is 10.2. The number of para-hydroxylation sites is 1. The van der Waals surface area contributed by atoms with Gasteiger partial charge in [0.05, 0.1) is 17.4 Å². The van der Waals surface area contributed by atoms with Gasteiger partial charge in [0.25, 0.3) is 0 Å². The standard InChI is InChI=1S/C17H19N3S/c1-2-18-16(13-15-9-6-12-21-15)17-10-11-19-20(17)14-7-4-3-5-8-14/h3-12,16,18H,2,13H2,1H3. The van der Waals surface area contributed by atoms with E-state index in [2.05, 4.69) is 53.1 Å². The molecule has 3 aromatic rings. The summed E-state index contributed by atoms with van der Waals surface area (Å²) >= 11 is 1.81. The Labute approximate surface area is 129 Å². The van der Waals surface area contributed by atoms with Gasteiger partial charge in [0.15, 0.2) is 0 Å². The molecule has 3 nitrogen and oxygen atoms in total. The Hall–Kier alpha value is -1.91. The van der Waals surface area contributed by atoms with Gasteiger partial charge in [-0.2, -0.15) is 5.10 Å². The third-order valence-corrected chi connectivity index (χ3v) is 4.36. The molecule has 0 aliphatic carbocycles. The maximum atomic E-state index is 4.50. The summed E-state index contributed by atoms with van der Waals surface area (Å²) in [6.45, 7) is 3.08. The van der Waals surface area contributed by atoms with Gasteiger partial charge in [0.1, 0.15) is 0 Å². The average molecular weight is 297 g/mol. The van der Waals surface area contributed by atoms with E-state index in [-0.39, 0.29) is 6.04 Å². The van der Waals surface area contributed by atoms with Crippen LogP contribution >= 0.6 is 11.3 Å². The first-order valence-corrected chi connectivity index (χ1v) is 8.11. The fourth-order valence-electron chi connectivity index (χ4n) is 2.52. The van der Waals surface area contributed by atoms with Gasteiger partial charge in [-0.3, -0.25) is 0 Å². The average Bonchev–Trinajstić information content (AvgIpc) is 3.19. The zero-order valence-electron chi connectivity index (χ0n) is 12.1. The third kappa shape index (κ3) is 3.23. The fourth-order valence-corrected chi connectivity index (χ4v) is 3.27. The van der Waals surface area contributed by atoms with Gasteiger partial charge in [-0.05, 0) is 36.2 Å². The zero-order chi connectivity index (χ0) is 14.5. The van der Waals surface area contributed by atoms with Crippen molar-refractivity contribution in [3.05, 3.63) is 70.7 Å². The molecule has 4 heteroatoms. The molecule has 2 aromatic heterocycles. The molecule has 3 rings (SSSR count). The van der Waals surface area contributed by atoms with Crippen molar-refractivity contribution in [2.75, 3.05) is 6.54 Å². The second-order valence-electron chi connectivity index (χ2n) is 4.90. The molecule has 0 fully saturated rings. The van der Waals surface area contributed by atoms with Crippen LogP contribution in [0.25, 0.3) is 5.69 Å². The summed E-state index contributed by atoms with van der Waals surface area (Å²) in [7, 11) is 0. The van der Waals surface area contributed by atoms with Crippen molar-refractivity contribution in [1.29, 1.82) is 0 Å². The molecule has 0 amide bonds. The Balaban J connectivity index is 1.91. The SMILES string of the molecule is CCNC(Cc1cccs1)c1ccnn1-c1ccccc1. The molecule has 0 aliphatic rings. The van der Waals surface area contributed by atoms with Gasteiger partial charge in [-0.25, -0.2) is 4.68 Å². The molecule has 0 aliphatic heterocycles. The maximum Gasteiger partial charge on any atom is 0.0649 e. The molecular weight excluding hydrogens is 278 g/mol. The molecule has 1 N–H and O–H groups in total. The van der Waals surface area contributed by atoms with Crippen LogP contribution in [0.1, 0.15) is 23.5 Å². The van der Waals surface area contributed by atoms with E-state index < -0.39 is 0 Å². The molecule has 0 saturated heterocycles. The highest BCUT2D eigenvalue weighted by Crippen LogP contribution is 2.23. The highest BCUT2D eigenvalue weighted by molar-refractivity contribution is 7.09. The van der Waals surface area contributed by atoms with Gasteiger partial charge >= 0.3 is 0 Å². The van der Waals surface area contributed by atoms with Crippen LogP contribution in [0.4, 0.5) is 0 Å². The smallest absolute Gasteiger partial charge is 0.0649 e. The number of nitrogens with one attached hydrogen (secondary N) is 1. The quantitative estimate of drug-likeness (QED) is 0.749. The molecule has 2 heterocycles. The van der Waals surface area contributed by atoms with E-state index >= 15 is 0 Å². The molecule has 1 unspecified atom stereocenters. The molecule has 0 bridgehead atoms. The van der Waals surface area contributed by atoms with Crippen molar-refractivity contribution in [3.8, 4) is 5.69 Å². The molecule has 1 aromatic carbocycles. The topological polar surface area (TPSA) is 29.9 Å². The first kappa shape index (κ1) is 14.0. The number of nitrogens with zero attached hydrogens (tertiary/aromatic N) is 2. The lowest BCUT2D eigenvalue weighted by Gasteiger charge is -2.19. The van der Waals surface area contributed by atoms with Crippen LogP contribution in [-0.2, 0) is 6.42 Å². The second-order valence-corrected chi connectivity index (χ2v) is 5.93. The number of hydrogen-bond donors (Lipinski definition) is 1. The van der Waals surface area contributed by atoms with Gasteiger partial charge in [-0.1, -0.05) is 31.2 Å². The van der Waals surface area contributed by atoms with E-state index in [0.717, 1.165) is 18.7 Å². The van der Waals surface area contributed by atoms with E-state index in [4.69, 9.17) is 0 Å². The first-order chi connectivity index (χ1) is 10.4. The van der Waals surface area contributed by atoms with Crippen molar-refractivity contribution in [1.82, 2.24) is 15.1 Å². The number of hydrogen-bond acceptors (Lipinski definition) is 3. The summed E-state index contributed by atoms with van der Waals surface area (Å²) in [6, 6.07) is 17.0. The van der Waals surface area contributed by atoms with Crippen LogP contribution in [0.3, 0.4) is 0 Å². The highest BCUT2D eigenvalue weighted by atomic mass is 32.1. The van der Waals surface area contributed by atoms with Crippen molar-refractivity contribution < 1.29 is 0 Å². The van der Waals surface area contributed by atoms with Crippen LogP contribution in [-0.4, -0.2) is 16.3 Å². The number of rotatable bonds is 6. The number of aromatic nitrogens is 2. The van der Waals surface area contributed by atoms with E-state index in [0.29, 0.717) is 0 Å². The summed E-state index contributed by atoms with van der Waals surface area (Å²) in [5.74, 6) is 0. The Morgan fingerprint density at radius 3 is 2.71 bits per heavy atom. The maximum absolute atomic E-state index is 4.50. The predicted molar refractivity (Wildman–Crippen MR) is 88.0 cm³/mol. The first-order valence-electron chi connectivity index (χ1n) is 7.23. The lowest BCUT2D eigenvalue weighted by molar-refractivity contribution is 0.524. The van der Waals surface area contributed by atoms with Crippen LogP contribution in [0.15, 0.2) is 60.1 Å². The molecule has 108 valence electrons. The molecule has 0 spiro atoms. The van der Waals surface area contributed by atoms with Gasteiger partial charge in [0, 0.05) is 17.5 Å². The van der Waals surface area contributed by atoms with Gasteiger partial charge in [-0.15, -0.1) is 11.3 Å².